The number of likely N-dealkylation sites (N-methyl/N-ethyl adjacent to an activating group) is 1. The van der Waals surface area contributed by atoms with Crippen LogP contribution in [0, 0.1) is 6.92 Å². The molecule has 0 saturated carbocycles. The van der Waals surface area contributed by atoms with Gasteiger partial charge in [-0.1, -0.05) is 22.9 Å². The molecule has 0 bridgehead atoms. The SMILES string of the molecule is COc1ccc(OC)c(S(=O)(=O)N(C)CCc2noc(-c3cccc(C)c3)n2)c1. The standard InChI is InChI=1S/C20H23N3O5S/c1-14-6-5-7-15(12-14)20-21-19(22-28-20)10-11-23(2)29(24,25)18-13-16(26-3)8-9-17(18)27-4/h5-9,12-13H,10-11H2,1-4H3. The number of nitrogens with zero attached hydrogens (tertiary/aromatic N) is 3. The van der Waals surface area contributed by atoms with Crippen LogP contribution in [0.3, 0.4) is 0 Å². The van der Waals surface area contributed by atoms with E-state index in [1.165, 1.54) is 31.6 Å². The first-order valence-corrected chi connectivity index (χ1v) is 10.4. The van der Waals surface area contributed by atoms with Crippen molar-refractivity contribution in [3.8, 4) is 23.0 Å². The summed E-state index contributed by atoms with van der Waals surface area (Å²) in [5.41, 5.74) is 1.91. The largest absolute Gasteiger partial charge is 0.497 e. The quantitative estimate of drug-likeness (QED) is 0.556. The Balaban J connectivity index is 1.75. The topological polar surface area (TPSA) is 94.8 Å². The molecule has 29 heavy (non-hydrogen) atoms. The predicted molar refractivity (Wildman–Crippen MR) is 108 cm³/mol. The molecule has 3 aromatic rings. The summed E-state index contributed by atoms with van der Waals surface area (Å²) < 4.78 is 42.9. The van der Waals surface area contributed by atoms with Gasteiger partial charge in [0, 0.05) is 31.6 Å². The number of ether oxygens (including phenoxy) is 2. The Morgan fingerprint density at radius 2 is 1.90 bits per heavy atom. The molecule has 0 amide bonds. The third-order valence-corrected chi connectivity index (χ3v) is 6.32. The molecule has 1 aromatic heterocycles. The molecule has 0 aliphatic heterocycles. The van der Waals surface area contributed by atoms with Crippen LogP contribution in [0.25, 0.3) is 11.5 Å². The van der Waals surface area contributed by atoms with E-state index in [-0.39, 0.29) is 17.2 Å². The van der Waals surface area contributed by atoms with E-state index < -0.39 is 10.0 Å². The molecule has 0 aliphatic carbocycles. The smallest absolute Gasteiger partial charge is 0.257 e. The van der Waals surface area contributed by atoms with Gasteiger partial charge in [0.2, 0.25) is 10.0 Å². The highest BCUT2D eigenvalue weighted by Crippen LogP contribution is 2.30. The lowest BCUT2D eigenvalue weighted by atomic mass is 10.1. The lowest BCUT2D eigenvalue weighted by molar-refractivity contribution is 0.387. The van der Waals surface area contributed by atoms with Crippen molar-refractivity contribution in [1.82, 2.24) is 14.4 Å². The minimum Gasteiger partial charge on any atom is -0.497 e. The first kappa shape index (κ1) is 20.8. The lowest BCUT2D eigenvalue weighted by Gasteiger charge is -2.18. The van der Waals surface area contributed by atoms with Crippen molar-refractivity contribution in [1.29, 1.82) is 0 Å². The molecular weight excluding hydrogens is 394 g/mol. The maximum Gasteiger partial charge on any atom is 0.257 e. The molecule has 9 heteroatoms. The van der Waals surface area contributed by atoms with Gasteiger partial charge in [0.25, 0.3) is 5.89 Å². The summed E-state index contributed by atoms with van der Waals surface area (Å²) in [5, 5.41) is 3.96. The number of rotatable bonds is 8. The Morgan fingerprint density at radius 1 is 1.10 bits per heavy atom. The summed E-state index contributed by atoms with van der Waals surface area (Å²) in [6, 6.07) is 12.4. The van der Waals surface area contributed by atoms with E-state index in [0.717, 1.165) is 11.1 Å². The van der Waals surface area contributed by atoms with Crippen LogP contribution in [0.15, 0.2) is 51.9 Å². The van der Waals surface area contributed by atoms with Gasteiger partial charge in [0.1, 0.15) is 16.4 Å². The highest BCUT2D eigenvalue weighted by molar-refractivity contribution is 7.89. The van der Waals surface area contributed by atoms with Gasteiger partial charge < -0.3 is 14.0 Å². The van der Waals surface area contributed by atoms with Crippen LogP contribution in [0.2, 0.25) is 0 Å². The van der Waals surface area contributed by atoms with Gasteiger partial charge in [0.15, 0.2) is 5.82 Å². The summed E-state index contributed by atoms with van der Waals surface area (Å²) in [6.45, 7) is 2.16. The van der Waals surface area contributed by atoms with E-state index >= 15 is 0 Å². The Kier molecular flexibility index (Phi) is 6.19. The highest BCUT2D eigenvalue weighted by Gasteiger charge is 2.26. The van der Waals surface area contributed by atoms with Crippen molar-refractivity contribution < 1.29 is 22.4 Å². The number of aryl methyl sites for hydroxylation is 1. The van der Waals surface area contributed by atoms with E-state index in [9.17, 15) is 8.42 Å². The Hall–Kier alpha value is -2.91. The molecule has 8 nitrogen and oxygen atoms in total. The first-order valence-electron chi connectivity index (χ1n) is 8.93. The maximum atomic E-state index is 13.0. The molecule has 2 aromatic carbocycles. The van der Waals surface area contributed by atoms with Crippen LogP contribution >= 0.6 is 0 Å². The van der Waals surface area contributed by atoms with Crippen molar-refractivity contribution >= 4 is 10.0 Å². The number of methoxy groups -OCH3 is 2. The van der Waals surface area contributed by atoms with Crippen molar-refractivity contribution in [2.45, 2.75) is 18.2 Å². The van der Waals surface area contributed by atoms with Gasteiger partial charge in [-0.3, -0.25) is 0 Å². The predicted octanol–water partition coefficient (Wildman–Crippen LogP) is 2.93. The van der Waals surface area contributed by atoms with Crippen molar-refractivity contribution in [3.63, 3.8) is 0 Å². The van der Waals surface area contributed by atoms with Gasteiger partial charge in [-0.05, 0) is 31.2 Å². The summed E-state index contributed by atoms with van der Waals surface area (Å²) >= 11 is 0. The van der Waals surface area contributed by atoms with Crippen molar-refractivity contribution in [2.75, 3.05) is 27.8 Å². The third-order valence-electron chi connectivity index (χ3n) is 4.44. The van der Waals surface area contributed by atoms with Crippen LogP contribution in [0.5, 0.6) is 11.5 Å². The fourth-order valence-corrected chi connectivity index (χ4v) is 4.12. The zero-order valence-corrected chi connectivity index (χ0v) is 17.6. The molecule has 1 heterocycles. The summed E-state index contributed by atoms with van der Waals surface area (Å²) in [5.74, 6) is 1.52. The lowest BCUT2D eigenvalue weighted by Crippen LogP contribution is -2.29. The molecule has 0 unspecified atom stereocenters. The Bertz CT molecular complexity index is 1100. The second-order valence-corrected chi connectivity index (χ2v) is 8.49. The fourth-order valence-electron chi connectivity index (χ4n) is 2.78. The van der Waals surface area contributed by atoms with E-state index in [2.05, 4.69) is 10.1 Å². The summed E-state index contributed by atoms with van der Waals surface area (Å²) in [7, 11) is 0.602. The number of aromatic nitrogens is 2. The van der Waals surface area contributed by atoms with Crippen molar-refractivity contribution in [2.24, 2.45) is 0 Å². The molecule has 0 saturated heterocycles. The normalized spacial score (nSPS) is 11.6. The van der Waals surface area contributed by atoms with Gasteiger partial charge in [-0.25, -0.2) is 12.7 Å². The molecule has 154 valence electrons. The van der Waals surface area contributed by atoms with E-state index in [4.69, 9.17) is 14.0 Å². The average molecular weight is 417 g/mol. The zero-order chi connectivity index (χ0) is 21.0. The van der Waals surface area contributed by atoms with Gasteiger partial charge in [0.05, 0.1) is 14.2 Å². The van der Waals surface area contributed by atoms with E-state index in [1.54, 1.807) is 12.1 Å². The van der Waals surface area contributed by atoms with Crippen molar-refractivity contribution in [3.05, 3.63) is 53.9 Å². The van der Waals surface area contributed by atoms with Crippen LogP contribution in [-0.2, 0) is 16.4 Å². The number of hydrogen-bond donors (Lipinski definition) is 0. The summed E-state index contributed by atoms with van der Waals surface area (Å²) in [6.07, 6.45) is 0.303. The average Bonchev–Trinajstić information content (AvgIpc) is 3.20. The number of sulfonamides is 1. The molecule has 3 rings (SSSR count). The Labute approximate surface area is 170 Å². The van der Waals surface area contributed by atoms with Crippen LogP contribution < -0.4 is 9.47 Å². The molecule has 0 fully saturated rings. The molecular formula is C20H23N3O5S. The molecule has 0 aliphatic rings. The number of hydrogen-bond acceptors (Lipinski definition) is 7. The maximum absolute atomic E-state index is 13.0. The van der Waals surface area contributed by atoms with Gasteiger partial charge in [-0.2, -0.15) is 4.98 Å². The second-order valence-electron chi connectivity index (χ2n) is 6.48. The first-order chi connectivity index (χ1) is 13.8. The number of benzene rings is 2. The second kappa shape index (κ2) is 8.62. The van der Waals surface area contributed by atoms with Crippen LogP contribution in [0.4, 0.5) is 0 Å². The monoisotopic (exact) mass is 417 g/mol. The van der Waals surface area contributed by atoms with Crippen LogP contribution in [-0.4, -0.2) is 50.7 Å². The van der Waals surface area contributed by atoms with Gasteiger partial charge >= 0.3 is 0 Å². The molecule has 0 spiro atoms. The Morgan fingerprint density at radius 3 is 2.59 bits per heavy atom. The molecule has 0 radical (unpaired) electrons. The third kappa shape index (κ3) is 4.57. The zero-order valence-electron chi connectivity index (χ0n) is 16.7. The van der Waals surface area contributed by atoms with Crippen LogP contribution in [0.1, 0.15) is 11.4 Å². The minimum atomic E-state index is -3.79. The molecule has 0 N–H and O–H groups in total. The fraction of sp³-hybridized carbons (Fsp3) is 0.300. The van der Waals surface area contributed by atoms with E-state index in [0.29, 0.717) is 23.9 Å². The van der Waals surface area contributed by atoms with Gasteiger partial charge in [-0.15, -0.1) is 0 Å². The highest BCUT2D eigenvalue weighted by atomic mass is 32.2. The molecule has 0 atom stereocenters. The summed E-state index contributed by atoms with van der Waals surface area (Å²) in [4.78, 5) is 4.40. The minimum absolute atomic E-state index is 0.0374. The van der Waals surface area contributed by atoms with E-state index in [1.807, 2.05) is 31.2 Å².